The van der Waals surface area contributed by atoms with Gasteiger partial charge in [0.15, 0.2) is 11.2 Å². The van der Waals surface area contributed by atoms with Gasteiger partial charge in [-0.05, 0) is 25.2 Å². The number of rotatable bonds is 10. The second-order valence-electron chi connectivity index (χ2n) is 9.50. The highest BCUT2D eigenvalue weighted by molar-refractivity contribution is 7.88. The fourth-order valence-electron chi connectivity index (χ4n) is 4.38. The van der Waals surface area contributed by atoms with Crippen molar-refractivity contribution < 1.29 is 13.2 Å². The van der Waals surface area contributed by atoms with Crippen molar-refractivity contribution in [3.8, 4) is 0 Å². The van der Waals surface area contributed by atoms with Crippen LogP contribution in [0.4, 0.5) is 0 Å². The van der Waals surface area contributed by atoms with Gasteiger partial charge in [-0.1, -0.05) is 27.2 Å². The van der Waals surface area contributed by atoms with Crippen molar-refractivity contribution in [3.63, 3.8) is 0 Å². The topological polar surface area (TPSA) is 139 Å². The van der Waals surface area contributed by atoms with Crippen LogP contribution in [0.15, 0.2) is 9.59 Å². The van der Waals surface area contributed by atoms with E-state index in [1.807, 2.05) is 25.3 Å². The lowest BCUT2D eigenvalue weighted by atomic mass is 10.1. The van der Waals surface area contributed by atoms with Crippen LogP contribution in [0, 0.1) is 5.92 Å². The summed E-state index contributed by atoms with van der Waals surface area (Å²) < 4.78 is 28.4. The minimum atomic E-state index is -3.29. The Balaban J connectivity index is 1.82. The van der Waals surface area contributed by atoms with E-state index in [1.165, 1.54) is 15.1 Å². The molecule has 0 saturated carbocycles. The Morgan fingerprint density at radius 2 is 2.00 bits per heavy atom. The van der Waals surface area contributed by atoms with Crippen LogP contribution in [0.5, 0.6) is 0 Å². The zero-order valence-corrected chi connectivity index (χ0v) is 21.3. The molecule has 34 heavy (non-hydrogen) atoms. The number of carbonyl (C=O) groups is 1. The van der Waals surface area contributed by atoms with E-state index >= 15 is 0 Å². The van der Waals surface area contributed by atoms with Gasteiger partial charge in [0.1, 0.15) is 5.82 Å². The van der Waals surface area contributed by atoms with Gasteiger partial charge in [-0.2, -0.15) is 0 Å². The molecule has 1 aliphatic rings. The quantitative estimate of drug-likeness (QED) is 0.499. The molecular weight excluding hydrogens is 460 g/mol. The summed E-state index contributed by atoms with van der Waals surface area (Å²) in [6, 6.07) is -0.229. The van der Waals surface area contributed by atoms with Crippen LogP contribution in [0.25, 0.3) is 11.2 Å². The largest absolute Gasteiger partial charge is 0.352 e. The number of piperidine rings is 1. The molecule has 190 valence electrons. The fourth-order valence-corrected chi connectivity index (χ4v) is 5.29. The van der Waals surface area contributed by atoms with Gasteiger partial charge in [-0.3, -0.25) is 19.1 Å². The number of nitrogens with zero attached hydrogens (tertiary/aromatic N) is 4. The molecule has 11 nitrogen and oxygen atoms in total. The maximum absolute atomic E-state index is 12.7. The van der Waals surface area contributed by atoms with Crippen molar-refractivity contribution in [3.05, 3.63) is 26.7 Å². The predicted octanol–water partition coefficient (Wildman–Crippen LogP) is 0.815. The molecule has 3 heterocycles. The molecular formula is C22H36N6O5S. The van der Waals surface area contributed by atoms with Crippen molar-refractivity contribution in [2.75, 3.05) is 19.3 Å². The summed E-state index contributed by atoms with van der Waals surface area (Å²) in [6.45, 7) is 7.82. The molecule has 0 spiro atoms. The summed E-state index contributed by atoms with van der Waals surface area (Å²) in [5, 5.41) is 2.94. The number of hydrogen-bond acceptors (Lipinski definition) is 6. The summed E-state index contributed by atoms with van der Waals surface area (Å²) in [7, 11) is -3.29. The van der Waals surface area contributed by atoms with Crippen molar-refractivity contribution in [1.82, 2.24) is 28.7 Å². The van der Waals surface area contributed by atoms with Crippen molar-refractivity contribution in [2.45, 2.75) is 78.4 Å². The van der Waals surface area contributed by atoms with Gasteiger partial charge in [-0.15, -0.1) is 0 Å². The third kappa shape index (κ3) is 6.15. The summed E-state index contributed by atoms with van der Waals surface area (Å²) >= 11 is 0. The van der Waals surface area contributed by atoms with Crippen LogP contribution in [0.3, 0.4) is 0 Å². The van der Waals surface area contributed by atoms with Crippen LogP contribution in [-0.2, 0) is 34.3 Å². The number of sulfonamides is 1. The molecule has 2 aromatic rings. The average Bonchev–Trinajstić information content (AvgIpc) is 3.09. The second kappa shape index (κ2) is 10.9. The number of carbonyl (C=O) groups excluding carboxylic acids is 1. The van der Waals surface area contributed by atoms with Crippen LogP contribution in [0.1, 0.15) is 58.7 Å². The zero-order valence-electron chi connectivity index (χ0n) is 20.5. The molecule has 12 heteroatoms. The van der Waals surface area contributed by atoms with Crippen LogP contribution in [-0.4, -0.2) is 63.1 Å². The lowest BCUT2D eigenvalue weighted by Gasteiger charge is -2.31. The monoisotopic (exact) mass is 496 g/mol. The van der Waals surface area contributed by atoms with Crippen molar-refractivity contribution in [2.24, 2.45) is 5.92 Å². The lowest BCUT2D eigenvalue weighted by molar-refractivity contribution is -0.122. The molecule has 0 aliphatic carbocycles. The van der Waals surface area contributed by atoms with Gasteiger partial charge in [0.25, 0.3) is 5.56 Å². The summed E-state index contributed by atoms with van der Waals surface area (Å²) in [5.74, 6) is 0.618. The molecule has 2 N–H and O–H groups in total. The summed E-state index contributed by atoms with van der Waals surface area (Å²) in [6.07, 6.45) is 4.72. The fraction of sp³-hybridized carbons (Fsp3) is 0.727. The number of aryl methyl sites for hydroxylation is 2. The van der Waals surface area contributed by atoms with E-state index in [4.69, 9.17) is 0 Å². The number of unbranched alkanes of at least 4 members (excludes halogenated alkanes) is 1. The Morgan fingerprint density at radius 1 is 1.26 bits per heavy atom. The van der Waals surface area contributed by atoms with Gasteiger partial charge < -0.3 is 9.88 Å². The first-order valence-corrected chi connectivity index (χ1v) is 13.8. The van der Waals surface area contributed by atoms with E-state index < -0.39 is 21.3 Å². The standard InChI is InChI=1S/C22H36N6O5S/c1-5-6-12-27-20-19(21(30)25-22(27)31)28(13-15(2)3)17(24-20)9-10-18(29)23-16-8-7-11-26(14-16)34(4,32)33/h15-16H,5-14H2,1-4H3,(H,23,29)(H,25,30,31). The maximum Gasteiger partial charge on any atom is 0.330 e. The molecule has 3 rings (SSSR count). The lowest BCUT2D eigenvalue weighted by Crippen LogP contribution is -2.49. The molecule has 1 fully saturated rings. The first kappa shape index (κ1) is 26.1. The van der Waals surface area contributed by atoms with Gasteiger partial charge in [0.05, 0.1) is 6.26 Å². The normalized spacial score (nSPS) is 17.5. The van der Waals surface area contributed by atoms with Crippen LogP contribution < -0.4 is 16.6 Å². The maximum atomic E-state index is 12.7. The van der Waals surface area contributed by atoms with Crippen molar-refractivity contribution >= 4 is 27.1 Å². The van der Waals surface area contributed by atoms with Crippen LogP contribution in [0.2, 0.25) is 0 Å². The Kier molecular flexibility index (Phi) is 8.34. The molecule has 0 aromatic carbocycles. The number of hydrogen-bond donors (Lipinski definition) is 2. The molecule has 1 amide bonds. The highest BCUT2D eigenvalue weighted by Crippen LogP contribution is 2.17. The molecule has 1 saturated heterocycles. The number of fused-ring (bicyclic) bond motifs is 1. The minimum absolute atomic E-state index is 0.147. The number of aromatic nitrogens is 4. The smallest absolute Gasteiger partial charge is 0.330 e. The van der Waals surface area contributed by atoms with Gasteiger partial charge >= 0.3 is 5.69 Å². The molecule has 2 aromatic heterocycles. The Morgan fingerprint density at radius 3 is 2.65 bits per heavy atom. The van der Waals surface area contributed by atoms with E-state index in [1.54, 1.807) is 0 Å². The van der Waals surface area contributed by atoms with Crippen LogP contribution >= 0.6 is 0 Å². The Hall–Kier alpha value is -2.47. The van der Waals surface area contributed by atoms with E-state index in [0.29, 0.717) is 49.5 Å². The number of imidazole rings is 1. The Bertz CT molecular complexity index is 1240. The second-order valence-corrected chi connectivity index (χ2v) is 11.5. The molecule has 1 atom stereocenters. The zero-order chi connectivity index (χ0) is 25.0. The first-order valence-electron chi connectivity index (χ1n) is 12.0. The summed E-state index contributed by atoms with van der Waals surface area (Å²) in [4.78, 5) is 44.9. The average molecular weight is 497 g/mol. The SMILES string of the molecule is CCCCn1c(=O)[nH]c(=O)c2c1nc(CCC(=O)NC1CCCN(S(C)(=O)=O)C1)n2CC(C)C. The number of H-pyrrole nitrogens is 1. The third-order valence-corrected chi connectivity index (χ3v) is 7.31. The highest BCUT2D eigenvalue weighted by Gasteiger charge is 2.27. The number of aromatic amines is 1. The summed E-state index contributed by atoms with van der Waals surface area (Å²) in [5.41, 5.74) is -0.234. The van der Waals surface area contributed by atoms with E-state index in [2.05, 4.69) is 15.3 Å². The number of amides is 1. The number of nitrogens with one attached hydrogen (secondary N) is 2. The molecule has 1 aliphatic heterocycles. The Labute approximate surface area is 199 Å². The highest BCUT2D eigenvalue weighted by atomic mass is 32.2. The molecule has 0 radical (unpaired) electrons. The van der Waals surface area contributed by atoms with Gasteiger partial charge in [0, 0.05) is 45.1 Å². The molecule has 0 bridgehead atoms. The minimum Gasteiger partial charge on any atom is -0.352 e. The van der Waals surface area contributed by atoms with E-state index in [9.17, 15) is 22.8 Å². The molecule has 1 unspecified atom stereocenters. The first-order chi connectivity index (χ1) is 16.0. The predicted molar refractivity (Wildman–Crippen MR) is 130 cm³/mol. The van der Waals surface area contributed by atoms with E-state index in [0.717, 1.165) is 19.3 Å². The third-order valence-electron chi connectivity index (χ3n) is 6.04. The van der Waals surface area contributed by atoms with Crippen molar-refractivity contribution in [1.29, 1.82) is 0 Å². The van der Waals surface area contributed by atoms with E-state index in [-0.39, 0.29) is 30.8 Å². The van der Waals surface area contributed by atoms with Gasteiger partial charge in [-0.25, -0.2) is 22.5 Å². The van der Waals surface area contributed by atoms with Gasteiger partial charge in [0.2, 0.25) is 15.9 Å².